The molecule has 0 aliphatic heterocycles. The maximum Gasteiger partial charge on any atom is 0.259 e. The van der Waals surface area contributed by atoms with Gasteiger partial charge in [-0.1, -0.05) is 24.3 Å². The lowest BCUT2D eigenvalue weighted by Gasteiger charge is -2.13. The molecule has 0 aliphatic carbocycles. The van der Waals surface area contributed by atoms with Gasteiger partial charge in [-0.05, 0) is 30.7 Å². The number of ether oxygens (including phenoxy) is 2. The lowest BCUT2D eigenvalue weighted by Crippen LogP contribution is -2.14. The number of benzene rings is 2. The average Bonchev–Trinajstić information content (AvgIpc) is 2.47. The van der Waals surface area contributed by atoms with E-state index in [1.807, 2.05) is 31.2 Å². The minimum absolute atomic E-state index is 0.227. The summed E-state index contributed by atoms with van der Waals surface area (Å²) in [5.41, 5.74) is 2.04. The second-order valence-electron chi connectivity index (χ2n) is 4.31. The van der Waals surface area contributed by atoms with E-state index in [0.717, 1.165) is 5.56 Å². The maximum absolute atomic E-state index is 12.4. The van der Waals surface area contributed by atoms with Crippen LogP contribution >= 0.6 is 0 Å². The Balaban J connectivity index is 2.31. The summed E-state index contributed by atoms with van der Waals surface area (Å²) in [4.78, 5) is 12.4. The van der Waals surface area contributed by atoms with Crippen LogP contribution in [0, 0.1) is 6.92 Å². The van der Waals surface area contributed by atoms with Crippen molar-refractivity contribution >= 4 is 11.6 Å². The van der Waals surface area contributed by atoms with Gasteiger partial charge in [0, 0.05) is 0 Å². The minimum atomic E-state index is -0.227. The molecule has 20 heavy (non-hydrogen) atoms. The van der Waals surface area contributed by atoms with Gasteiger partial charge in [0.05, 0.1) is 25.5 Å². The lowest BCUT2D eigenvalue weighted by atomic mass is 10.1. The Morgan fingerprint density at radius 3 is 2.45 bits per heavy atom. The number of carbonyl (C=O) groups excluding carboxylic acids is 1. The number of hydrogen-bond donors (Lipinski definition) is 1. The van der Waals surface area contributed by atoms with Crippen molar-refractivity contribution in [1.82, 2.24) is 0 Å². The van der Waals surface area contributed by atoms with E-state index in [1.54, 1.807) is 32.4 Å². The first-order valence-electron chi connectivity index (χ1n) is 6.25. The van der Waals surface area contributed by atoms with Gasteiger partial charge in [-0.25, -0.2) is 0 Å². The van der Waals surface area contributed by atoms with Gasteiger partial charge in [0.25, 0.3) is 5.91 Å². The van der Waals surface area contributed by atoms with E-state index in [4.69, 9.17) is 9.47 Å². The zero-order valence-corrected chi connectivity index (χ0v) is 11.8. The van der Waals surface area contributed by atoms with Crippen LogP contribution in [-0.4, -0.2) is 20.1 Å². The molecular formula is C16H17NO3. The summed E-state index contributed by atoms with van der Waals surface area (Å²) in [5.74, 6) is 0.974. The van der Waals surface area contributed by atoms with E-state index in [1.165, 1.54) is 0 Å². The molecule has 0 radical (unpaired) electrons. The zero-order chi connectivity index (χ0) is 14.5. The number of anilines is 1. The molecule has 1 N–H and O–H groups in total. The van der Waals surface area contributed by atoms with E-state index < -0.39 is 0 Å². The quantitative estimate of drug-likeness (QED) is 0.928. The van der Waals surface area contributed by atoms with Crippen LogP contribution in [0.4, 0.5) is 5.69 Å². The zero-order valence-electron chi connectivity index (χ0n) is 11.8. The van der Waals surface area contributed by atoms with Crippen molar-refractivity contribution in [2.24, 2.45) is 0 Å². The number of carbonyl (C=O) groups is 1. The van der Waals surface area contributed by atoms with Gasteiger partial charge in [-0.15, -0.1) is 0 Å². The van der Waals surface area contributed by atoms with Crippen LogP contribution in [0.15, 0.2) is 42.5 Å². The summed E-state index contributed by atoms with van der Waals surface area (Å²) in [6.45, 7) is 1.90. The molecule has 0 aromatic heterocycles. The Labute approximate surface area is 118 Å². The summed E-state index contributed by atoms with van der Waals surface area (Å²) in [6, 6.07) is 12.7. The molecule has 104 valence electrons. The maximum atomic E-state index is 12.4. The highest BCUT2D eigenvalue weighted by Crippen LogP contribution is 2.27. The number of nitrogens with one attached hydrogen (secondary N) is 1. The highest BCUT2D eigenvalue weighted by molar-refractivity contribution is 6.07. The third kappa shape index (κ3) is 2.74. The number of aryl methyl sites for hydroxylation is 1. The average molecular weight is 271 g/mol. The van der Waals surface area contributed by atoms with Crippen LogP contribution in [0.5, 0.6) is 11.5 Å². The molecule has 0 heterocycles. The molecule has 1 amide bonds. The molecule has 0 unspecified atom stereocenters. The SMILES string of the molecule is COc1ccccc1NC(=O)c1cccc(C)c1OC. The predicted molar refractivity (Wildman–Crippen MR) is 78.7 cm³/mol. The second kappa shape index (κ2) is 6.10. The number of amides is 1. The van der Waals surface area contributed by atoms with Crippen molar-refractivity contribution in [3.05, 3.63) is 53.6 Å². The smallest absolute Gasteiger partial charge is 0.259 e. The van der Waals surface area contributed by atoms with Gasteiger partial charge in [0.15, 0.2) is 0 Å². The largest absolute Gasteiger partial charge is 0.496 e. The second-order valence-corrected chi connectivity index (χ2v) is 4.31. The monoisotopic (exact) mass is 271 g/mol. The number of hydrogen-bond acceptors (Lipinski definition) is 3. The fraction of sp³-hybridized carbons (Fsp3) is 0.188. The molecular weight excluding hydrogens is 254 g/mol. The Kier molecular flexibility index (Phi) is 4.25. The fourth-order valence-electron chi connectivity index (χ4n) is 2.04. The number of rotatable bonds is 4. The third-order valence-electron chi connectivity index (χ3n) is 3.02. The number of para-hydroxylation sites is 3. The van der Waals surface area contributed by atoms with Crippen molar-refractivity contribution in [1.29, 1.82) is 0 Å². The molecule has 0 spiro atoms. The molecule has 0 aliphatic rings. The molecule has 0 saturated carbocycles. The fourth-order valence-corrected chi connectivity index (χ4v) is 2.04. The van der Waals surface area contributed by atoms with Crippen LogP contribution < -0.4 is 14.8 Å². The molecule has 0 bridgehead atoms. The first-order chi connectivity index (χ1) is 9.67. The van der Waals surface area contributed by atoms with Crippen LogP contribution in [0.1, 0.15) is 15.9 Å². The third-order valence-corrected chi connectivity index (χ3v) is 3.02. The van der Waals surface area contributed by atoms with E-state index in [-0.39, 0.29) is 5.91 Å². The molecule has 4 nitrogen and oxygen atoms in total. The highest BCUT2D eigenvalue weighted by atomic mass is 16.5. The van der Waals surface area contributed by atoms with Gasteiger partial charge >= 0.3 is 0 Å². The Bertz CT molecular complexity index is 623. The van der Waals surface area contributed by atoms with E-state index in [0.29, 0.717) is 22.7 Å². The summed E-state index contributed by atoms with van der Waals surface area (Å²) in [6.07, 6.45) is 0. The van der Waals surface area contributed by atoms with Gasteiger partial charge in [0.1, 0.15) is 11.5 Å². The van der Waals surface area contributed by atoms with Crippen molar-refractivity contribution < 1.29 is 14.3 Å². The van der Waals surface area contributed by atoms with E-state index in [2.05, 4.69) is 5.32 Å². The molecule has 0 atom stereocenters. The Morgan fingerprint density at radius 1 is 1.00 bits per heavy atom. The van der Waals surface area contributed by atoms with Crippen LogP contribution in [0.2, 0.25) is 0 Å². The van der Waals surface area contributed by atoms with Crippen LogP contribution in [0.3, 0.4) is 0 Å². The van der Waals surface area contributed by atoms with Gasteiger partial charge in [-0.2, -0.15) is 0 Å². The summed E-state index contributed by atoms with van der Waals surface area (Å²) < 4.78 is 10.5. The van der Waals surface area contributed by atoms with Crippen molar-refractivity contribution in [2.45, 2.75) is 6.92 Å². The minimum Gasteiger partial charge on any atom is -0.496 e. The van der Waals surface area contributed by atoms with Crippen LogP contribution in [-0.2, 0) is 0 Å². The summed E-state index contributed by atoms with van der Waals surface area (Å²) in [7, 11) is 3.13. The van der Waals surface area contributed by atoms with Gasteiger partial charge in [0.2, 0.25) is 0 Å². The summed E-state index contributed by atoms with van der Waals surface area (Å²) >= 11 is 0. The molecule has 2 rings (SSSR count). The topological polar surface area (TPSA) is 47.6 Å². The van der Waals surface area contributed by atoms with Crippen molar-refractivity contribution in [3.63, 3.8) is 0 Å². The molecule has 2 aromatic carbocycles. The van der Waals surface area contributed by atoms with E-state index in [9.17, 15) is 4.79 Å². The first kappa shape index (κ1) is 13.9. The van der Waals surface area contributed by atoms with Crippen molar-refractivity contribution in [2.75, 3.05) is 19.5 Å². The lowest BCUT2D eigenvalue weighted by molar-refractivity contribution is 0.102. The summed E-state index contributed by atoms with van der Waals surface area (Å²) in [5, 5.41) is 2.84. The van der Waals surface area contributed by atoms with Gasteiger partial charge < -0.3 is 14.8 Å². The standard InChI is InChI=1S/C16H17NO3/c1-11-7-6-8-12(15(11)20-3)16(18)17-13-9-4-5-10-14(13)19-2/h4-10H,1-3H3,(H,17,18). The molecule has 4 heteroatoms. The molecule has 0 fully saturated rings. The Morgan fingerprint density at radius 2 is 1.75 bits per heavy atom. The Hall–Kier alpha value is -2.49. The van der Waals surface area contributed by atoms with E-state index >= 15 is 0 Å². The predicted octanol–water partition coefficient (Wildman–Crippen LogP) is 3.26. The first-order valence-corrected chi connectivity index (χ1v) is 6.25. The molecule has 0 saturated heterocycles. The van der Waals surface area contributed by atoms with Gasteiger partial charge in [-0.3, -0.25) is 4.79 Å². The molecule has 2 aromatic rings. The number of methoxy groups -OCH3 is 2. The van der Waals surface area contributed by atoms with Crippen LogP contribution in [0.25, 0.3) is 0 Å². The normalized spacial score (nSPS) is 9.95. The highest BCUT2D eigenvalue weighted by Gasteiger charge is 2.15. The van der Waals surface area contributed by atoms with Crippen molar-refractivity contribution in [3.8, 4) is 11.5 Å².